The lowest BCUT2D eigenvalue weighted by molar-refractivity contribution is -0.148. The van der Waals surface area contributed by atoms with Gasteiger partial charge in [0.15, 0.2) is 0 Å². The standard InChI is InChI=1S/C9H12F2O2/c10-7(11)3-6-9(8(12)13)4-1-2-5-9/h3H,1-2,4-6H2,(H,12,13). The molecule has 0 aliphatic heterocycles. The van der Waals surface area contributed by atoms with Gasteiger partial charge in [-0.25, -0.2) is 0 Å². The third kappa shape index (κ3) is 2.26. The van der Waals surface area contributed by atoms with E-state index >= 15 is 0 Å². The molecule has 0 aromatic heterocycles. The average Bonchev–Trinajstić information content (AvgIpc) is 2.50. The van der Waals surface area contributed by atoms with Gasteiger partial charge in [-0.2, -0.15) is 8.78 Å². The van der Waals surface area contributed by atoms with Crippen LogP contribution in [0.4, 0.5) is 8.78 Å². The highest BCUT2D eigenvalue weighted by atomic mass is 19.3. The van der Waals surface area contributed by atoms with Crippen molar-refractivity contribution in [3.05, 3.63) is 12.2 Å². The molecule has 74 valence electrons. The topological polar surface area (TPSA) is 37.3 Å². The number of carboxylic acid groups (broad SMARTS) is 1. The van der Waals surface area contributed by atoms with Gasteiger partial charge >= 0.3 is 5.97 Å². The van der Waals surface area contributed by atoms with Crippen LogP contribution in [0.25, 0.3) is 0 Å². The Labute approximate surface area is 75.3 Å². The van der Waals surface area contributed by atoms with Crippen LogP contribution in [-0.2, 0) is 4.79 Å². The fourth-order valence-corrected chi connectivity index (χ4v) is 1.83. The van der Waals surface area contributed by atoms with Crippen LogP contribution in [-0.4, -0.2) is 11.1 Å². The highest BCUT2D eigenvalue weighted by molar-refractivity contribution is 5.75. The second-order valence-corrected chi connectivity index (χ2v) is 3.49. The Morgan fingerprint density at radius 3 is 2.31 bits per heavy atom. The van der Waals surface area contributed by atoms with Crippen LogP contribution < -0.4 is 0 Å². The van der Waals surface area contributed by atoms with Crippen molar-refractivity contribution in [3.63, 3.8) is 0 Å². The van der Waals surface area contributed by atoms with E-state index < -0.39 is 17.5 Å². The molecule has 1 aliphatic carbocycles. The van der Waals surface area contributed by atoms with E-state index in [2.05, 4.69) is 0 Å². The Morgan fingerprint density at radius 2 is 1.92 bits per heavy atom. The summed E-state index contributed by atoms with van der Waals surface area (Å²) in [6, 6.07) is 0. The fourth-order valence-electron chi connectivity index (χ4n) is 1.83. The van der Waals surface area contributed by atoms with Crippen LogP contribution in [0.1, 0.15) is 32.1 Å². The van der Waals surface area contributed by atoms with Crippen LogP contribution in [0.2, 0.25) is 0 Å². The lowest BCUT2D eigenvalue weighted by Gasteiger charge is -2.21. The predicted octanol–water partition coefficient (Wildman–Crippen LogP) is 2.80. The maximum absolute atomic E-state index is 11.8. The molecule has 0 amide bonds. The molecule has 1 N–H and O–H groups in total. The quantitative estimate of drug-likeness (QED) is 0.742. The van der Waals surface area contributed by atoms with Crippen molar-refractivity contribution < 1.29 is 18.7 Å². The molecule has 0 saturated heterocycles. The first-order chi connectivity index (χ1) is 6.07. The lowest BCUT2D eigenvalue weighted by Crippen LogP contribution is -2.26. The first-order valence-corrected chi connectivity index (χ1v) is 4.31. The molecule has 0 heterocycles. The van der Waals surface area contributed by atoms with Crippen molar-refractivity contribution in [1.82, 2.24) is 0 Å². The fraction of sp³-hybridized carbons (Fsp3) is 0.667. The zero-order chi connectivity index (χ0) is 9.90. The molecule has 1 saturated carbocycles. The van der Waals surface area contributed by atoms with Crippen LogP contribution in [0.5, 0.6) is 0 Å². The number of halogens is 2. The number of carbonyl (C=O) groups is 1. The minimum absolute atomic E-state index is 0.0370. The minimum atomic E-state index is -1.78. The van der Waals surface area contributed by atoms with Gasteiger partial charge in [-0.15, -0.1) is 0 Å². The van der Waals surface area contributed by atoms with Crippen molar-refractivity contribution in [2.75, 3.05) is 0 Å². The number of carboxylic acids is 1. The lowest BCUT2D eigenvalue weighted by atomic mass is 9.83. The smallest absolute Gasteiger partial charge is 0.309 e. The zero-order valence-electron chi connectivity index (χ0n) is 7.22. The zero-order valence-corrected chi connectivity index (χ0v) is 7.22. The molecule has 0 aromatic carbocycles. The highest BCUT2D eigenvalue weighted by Crippen LogP contribution is 2.41. The second-order valence-electron chi connectivity index (χ2n) is 3.49. The summed E-state index contributed by atoms with van der Waals surface area (Å²) < 4.78 is 23.6. The van der Waals surface area contributed by atoms with Gasteiger partial charge in [-0.1, -0.05) is 12.8 Å². The summed E-state index contributed by atoms with van der Waals surface area (Å²) in [5.41, 5.74) is -0.913. The van der Waals surface area contributed by atoms with E-state index in [1.807, 2.05) is 0 Å². The van der Waals surface area contributed by atoms with Gasteiger partial charge in [-0.05, 0) is 25.3 Å². The predicted molar refractivity (Wildman–Crippen MR) is 43.5 cm³/mol. The molecule has 0 aromatic rings. The summed E-state index contributed by atoms with van der Waals surface area (Å²) >= 11 is 0. The summed E-state index contributed by atoms with van der Waals surface area (Å²) in [5, 5.41) is 8.90. The van der Waals surface area contributed by atoms with E-state index in [1.165, 1.54) is 0 Å². The van der Waals surface area contributed by atoms with E-state index in [0.29, 0.717) is 12.8 Å². The molecular weight excluding hydrogens is 178 g/mol. The highest BCUT2D eigenvalue weighted by Gasteiger charge is 2.40. The van der Waals surface area contributed by atoms with Crippen molar-refractivity contribution in [2.24, 2.45) is 5.41 Å². The summed E-state index contributed by atoms with van der Waals surface area (Å²) in [6.45, 7) is 0. The minimum Gasteiger partial charge on any atom is -0.481 e. The monoisotopic (exact) mass is 190 g/mol. The van der Waals surface area contributed by atoms with Gasteiger partial charge < -0.3 is 5.11 Å². The number of hydrogen-bond donors (Lipinski definition) is 1. The van der Waals surface area contributed by atoms with Crippen LogP contribution in [0.15, 0.2) is 12.2 Å². The summed E-state index contributed by atoms with van der Waals surface area (Å²) in [4.78, 5) is 10.9. The molecule has 0 radical (unpaired) electrons. The van der Waals surface area contributed by atoms with Gasteiger partial charge in [0.2, 0.25) is 0 Å². The van der Waals surface area contributed by atoms with Gasteiger partial charge in [0.25, 0.3) is 6.08 Å². The molecule has 0 spiro atoms. The molecule has 2 nitrogen and oxygen atoms in total. The van der Waals surface area contributed by atoms with Crippen LogP contribution >= 0.6 is 0 Å². The Bertz CT molecular complexity index is 226. The molecular formula is C9H12F2O2. The molecule has 4 heteroatoms. The maximum Gasteiger partial charge on any atom is 0.309 e. The molecule has 0 unspecified atom stereocenters. The first-order valence-electron chi connectivity index (χ1n) is 4.31. The van der Waals surface area contributed by atoms with Crippen molar-refractivity contribution in [3.8, 4) is 0 Å². The van der Waals surface area contributed by atoms with E-state index in [4.69, 9.17) is 5.11 Å². The molecule has 1 aliphatic rings. The Morgan fingerprint density at radius 1 is 1.38 bits per heavy atom. The van der Waals surface area contributed by atoms with Crippen molar-refractivity contribution in [1.29, 1.82) is 0 Å². The third-order valence-electron chi connectivity index (χ3n) is 2.66. The Balaban J connectivity index is 2.68. The molecule has 1 fully saturated rings. The summed E-state index contributed by atoms with van der Waals surface area (Å²) in [5.74, 6) is -0.942. The van der Waals surface area contributed by atoms with Crippen LogP contribution in [0.3, 0.4) is 0 Å². The Hall–Kier alpha value is -0.930. The number of rotatable bonds is 3. The maximum atomic E-state index is 11.8. The normalized spacial score (nSPS) is 19.8. The summed E-state index contributed by atoms with van der Waals surface area (Å²) in [6.07, 6.45) is 1.59. The van der Waals surface area contributed by atoms with Gasteiger partial charge in [-0.3, -0.25) is 4.79 Å². The molecule has 1 rings (SSSR count). The van der Waals surface area contributed by atoms with Crippen molar-refractivity contribution >= 4 is 5.97 Å². The first kappa shape index (κ1) is 10.2. The van der Waals surface area contributed by atoms with E-state index in [1.54, 1.807) is 0 Å². The number of allylic oxidation sites excluding steroid dienone is 1. The molecule has 0 bridgehead atoms. The average molecular weight is 190 g/mol. The molecule has 0 atom stereocenters. The molecule has 13 heavy (non-hydrogen) atoms. The third-order valence-corrected chi connectivity index (χ3v) is 2.66. The van der Waals surface area contributed by atoms with E-state index in [9.17, 15) is 13.6 Å². The number of aliphatic carboxylic acids is 1. The largest absolute Gasteiger partial charge is 0.481 e. The number of hydrogen-bond acceptors (Lipinski definition) is 1. The van der Waals surface area contributed by atoms with E-state index in [-0.39, 0.29) is 6.42 Å². The van der Waals surface area contributed by atoms with E-state index in [0.717, 1.165) is 18.9 Å². The Kier molecular flexibility index (Phi) is 3.01. The van der Waals surface area contributed by atoms with Gasteiger partial charge in [0.1, 0.15) is 0 Å². The van der Waals surface area contributed by atoms with Crippen LogP contribution in [0, 0.1) is 5.41 Å². The van der Waals surface area contributed by atoms with Crippen molar-refractivity contribution in [2.45, 2.75) is 32.1 Å². The van der Waals surface area contributed by atoms with Gasteiger partial charge in [0.05, 0.1) is 5.41 Å². The second kappa shape index (κ2) is 3.85. The SMILES string of the molecule is O=C(O)C1(CC=C(F)F)CCCC1. The van der Waals surface area contributed by atoms with Gasteiger partial charge in [0, 0.05) is 0 Å². The summed E-state index contributed by atoms with van der Waals surface area (Å²) in [7, 11) is 0.